The molecule has 6 heteroatoms. The minimum Gasteiger partial charge on any atom is -0.490 e. The van der Waals surface area contributed by atoms with Gasteiger partial charge in [0.25, 0.3) is 0 Å². The van der Waals surface area contributed by atoms with Crippen molar-refractivity contribution < 1.29 is 19.0 Å². The van der Waals surface area contributed by atoms with E-state index in [2.05, 4.69) is 16.9 Å². The highest BCUT2D eigenvalue weighted by atomic mass is 16.6. The topological polar surface area (TPSA) is 70.5 Å². The first-order valence-electron chi connectivity index (χ1n) is 10.5. The summed E-state index contributed by atoms with van der Waals surface area (Å²) in [7, 11) is 0. The van der Waals surface area contributed by atoms with E-state index in [1.165, 1.54) is 32.1 Å². The second-order valence-corrected chi connectivity index (χ2v) is 6.90. The maximum Gasteiger partial charge on any atom is 0.347 e. The van der Waals surface area contributed by atoms with Gasteiger partial charge in [-0.2, -0.15) is 0 Å². The molecule has 6 nitrogen and oxygen atoms in total. The van der Waals surface area contributed by atoms with Crippen molar-refractivity contribution in [2.24, 2.45) is 0 Å². The fraction of sp³-hybridized carbons (Fsp3) is 0.522. The van der Waals surface area contributed by atoms with Gasteiger partial charge >= 0.3 is 5.97 Å². The molecule has 0 aliphatic carbocycles. The Balaban J connectivity index is 1.79. The number of carbonyl (C=O) groups is 1. The average Bonchev–Trinajstić information content (AvgIpc) is 2.74. The summed E-state index contributed by atoms with van der Waals surface area (Å²) in [6, 6.07) is 7.30. The first-order chi connectivity index (χ1) is 14.1. The highest BCUT2D eigenvalue weighted by molar-refractivity contribution is 5.74. The molecule has 0 saturated heterocycles. The van der Waals surface area contributed by atoms with Crippen LogP contribution in [0.15, 0.2) is 36.7 Å². The molecule has 0 saturated carbocycles. The molecule has 0 bridgehead atoms. The lowest BCUT2D eigenvalue weighted by atomic mass is 10.1. The molecule has 2 rings (SSSR count). The van der Waals surface area contributed by atoms with Crippen LogP contribution in [0.3, 0.4) is 0 Å². The Kier molecular flexibility index (Phi) is 9.96. The van der Waals surface area contributed by atoms with Gasteiger partial charge in [-0.05, 0) is 44.5 Å². The Bertz CT molecular complexity index is 717. The van der Waals surface area contributed by atoms with Crippen LogP contribution in [0.25, 0.3) is 11.4 Å². The first-order valence-corrected chi connectivity index (χ1v) is 10.5. The first kappa shape index (κ1) is 22.7. The van der Waals surface area contributed by atoms with Crippen LogP contribution in [0.4, 0.5) is 0 Å². The van der Waals surface area contributed by atoms with Crippen LogP contribution in [0.1, 0.15) is 59.3 Å². The lowest BCUT2D eigenvalue weighted by Gasteiger charge is -2.13. The molecule has 0 amide bonds. The van der Waals surface area contributed by atoms with Gasteiger partial charge in [-0.25, -0.2) is 14.8 Å². The SMILES string of the molecule is CCCCCCCCOc1cnc(-c2ccc(OC(C)C(=O)OCC)cc2)nc1. The Morgan fingerprint density at radius 3 is 2.24 bits per heavy atom. The highest BCUT2D eigenvalue weighted by Gasteiger charge is 2.15. The number of hydrogen-bond acceptors (Lipinski definition) is 6. The summed E-state index contributed by atoms with van der Waals surface area (Å²) in [5, 5.41) is 0. The van der Waals surface area contributed by atoms with E-state index in [4.69, 9.17) is 14.2 Å². The molecule has 0 N–H and O–H groups in total. The fourth-order valence-corrected chi connectivity index (χ4v) is 2.81. The van der Waals surface area contributed by atoms with E-state index in [1.807, 2.05) is 12.1 Å². The van der Waals surface area contributed by atoms with E-state index < -0.39 is 6.10 Å². The zero-order chi connectivity index (χ0) is 20.9. The molecule has 0 aliphatic rings. The van der Waals surface area contributed by atoms with Crippen molar-refractivity contribution in [3.63, 3.8) is 0 Å². The molecule has 1 heterocycles. The van der Waals surface area contributed by atoms with Gasteiger partial charge in [-0.15, -0.1) is 0 Å². The lowest BCUT2D eigenvalue weighted by molar-refractivity contribution is -0.150. The zero-order valence-electron chi connectivity index (χ0n) is 17.7. The van der Waals surface area contributed by atoms with Gasteiger partial charge in [0.05, 0.1) is 25.6 Å². The molecule has 1 aromatic heterocycles. The second-order valence-electron chi connectivity index (χ2n) is 6.90. The van der Waals surface area contributed by atoms with Crippen LogP contribution in [0.2, 0.25) is 0 Å². The zero-order valence-corrected chi connectivity index (χ0v) is 17.7. The second kappa shape index (κ2) is 12.8. The third-order valence-corrected chi connectivity index (χ3v) is 4.44. The van der Waals surface area contributed by atoms with E-state index >= 15 is 0 Å². The van der Waals surface area contributed by atoms with E-state index in [0.717, 1.165) is 12.0 Å². The summed E-state index contributed by atoms with van der Waals surface area (Å²) in [6.45, 7) is 6.69. The summed E-state index contributed by atoms with van der Waals surface area (Å²) in [4.78, 5) is 20.4. The lowest BCUT2D eigenvalue weighted by Crippen LogP contribution is -2.25. The van der Waals surface area contributed by atoms with Crippen LogP contribution in [-0.4, -0.2) is 35.3 Å². The number of aromatic nitrogens is 2. The molecular weight excluding hydrogens is 368 g/mol. The average molecular weight is 401 g/mol. The van der Waals surface area contributed by atoms with E-state index in [0.29, 0.717) is 30.5 Å². The maximum atomic E-state index is 11.6. The number of unbranched alkanes of at least 4 members (excludes halogenated alkanes) is 5. The van der Waals surface area contributed by atoms with Gasteiger partial charge in [0.2, 0.25) is 0 Å². The van der Waals surface area contributed by atoms with E-state index in [-0.39, 0.29) is 5.97 Å². The number of carbonyl (C=O) groups excluding carboxylic acids is 1. The normalized spacial score (nSPS) is 11.7. The largest absolute Gasteiger partial charge is 0.490 e. The number of hydrogen-bond donors (Lipinski definition) is 0. The van der Waals surface area contributed by atoms with Crippen molar-refractivity contribution in [3.05, 3.63) is 36.7 Å². The molecule has 0 spiro atoms. The minimum absolute atomic E-state index is 0.335. The number of rotatable bonds is 13. The van der Waals surface area contributed by atoms with Crippen LogP contribution in [-0.2, 0) is 9.53 Å². The van der Waals surface area contributed by atoms with Crippen molar-refractivity contribution in [2.75, 3.05) is 13.2 Å². The maximum absolute atomic E-state index is 11.6. The van der Waals surface area contributed by atoms with Gasteiger partial charge in [-0.3, -0.25) is 0 Å². The molecule has 158 valence electrons. The number of benzene rings is 1. The van der Waals surface area contributed by atoms with Crippen LogP contribution >= 0.6 is 0 Å². The quantitative estimate of drug-likeness (QED) is 0.339. The van der Waals surface area contributed by atoms with Gasteiger partial charge in [0.1, 0.15) is 5.75 Å². The van der Waals surface area contributed by atoms with Gasteiger partial charge in [0, 0.05) is 5.56 Å². The predicted molar refractivity (Wildman–Crippen MR) is 113 cm³/mol. The molecule has 1 aromatic carbocycles. The summed E-state index contributed by atoms with van der Waals surface area (Å²) in [6.07, 6.45) is 10.2. The third-order valence-electron chi connectivity index (χ3n) is 4.44. The molecule has 2 aromatic rings. The summed E-state index contributed by atoms with van der Waals surface area (Å²) in [5.41, 5.74) is 0.864. The molecular formula is C23H32N2O4. The van der Waals surface area contributed by atoms with Crippen LogP contribution in [0.5, 0.6) is 11.5 Å². The number of ether oxygens (including phenoxy) is 3. The van der Waals surface area contributed by atoms with Gasteiger partial charge < -0.3 is 14.2 Å². The monoisotopic (exact) mass is 400 g/mol. The van der Waals surface area contributed by atoms with Crippen molar-refractivity contribution in [2.45, 2.75) is 65.4 Å². The van der Waals surface area contributed by atoms with Crippen molar-refractivity contribution in [1.82, 2.24) is 9.97 Å². The predicted octanol–water partition coefficient (Wildman–Crippen LogP) is 5.21. The standard InChI is InChI=1S/C23H32N2O4/c1-4-6-7-8-9-10-15-28-21-16-24-22(25-17-21)19-11-13-20(14-12-19)29-18(3)23(26)27-5-2/h11-14,16-18H,4-10,15H2,1-3H3. The molecule has 1 atom stereocenters. The number of nitrogens with zero attached hydrogens (tertiary/aromatic N) is 2. The Morgan fingerprint density at radius 2 is 1.59 bits per heavy atom. The third kappa shape index (κ3) is 8.10. The minimum atomic E-state index is -0.653. The van der Waals surface area contributed by atoms with Crippen LogP contribution in [0, 0.1) is 0 Å². The van der Waals surface area contributed by atoms with Gasteiger partial charge in [0.15, 0.2) is 17.7 Å². The molecule has 0 fully saturated rings. The van der Waals surface area contributed by atoms with E-state index in [1.54, 1.807) is 38.4 Å². The molecule has 1 unspecified atom stereocenters. The summed E-state index contributed by atoms with van der Waals surface area (Å²) < 4.78 is 16.2. The highest BCUT2D eigenvalue weighted by Crippen LogP contribution is 2.21. The van der Waals surface area contributed by atoms with Crippen molar-refractivity contribution >= 4 is 5.97 Å². The van der Waals surface area contributed by atoms with E-state index in [9.17, 15) is 4.79 Å². The summed E-state index contributed by atoms with van der Waals surface area (Å²) in [5.74, 6) is 1.51. The fourth-order valence-electron chi connectivity index (χ4n) is 2.81. The number of esters is 1. The molecule has 29 heavy (non-hydrogen) atoms. The Labute approximate surface area is 173 Å². The van der Waals surface area contributed by atoms with Crippen molar-refractivity contribution in [1.29, 1.82) is 0 Å². The van der Waals surface area contributed by atoms with Crippen LogP contribution < -0.4 is 9.47 Å². The molecule has 0 radical (unpaired) electrons. The molecule has 0 aliphatic heterocycles. The van der Waals surface area contributed by atoms with Gasteiger partial charge in [-0.1, -0.05) is 39.0 Å². The summed E-state index contributed by atoms with van der Waals surface area (Å²) >= 11 is 0. The Hall–Kier alpha value is -2.63. The Morgan fingerprint density at radius 1 is 0.931 bits per heavy atom. The smallest absolute Gasteiger partial charge is 0.347 e. The van der Waals surface area contributed by atoms with Crippen molar-refractivity contribution in [3.8, 4) is 22.9 Å².